The van der Waals surface area contributed by atoms with Gasteiger partial charge in [-0.25, -0.2) is 4.98 Å². The zero-order valence-corrected chi connectivity index (χ0v) is 11.6. The maximum absolute atomic E-state index is 4.45. The topological polar surface area (TPSA) is 33.1 Å². The molecule has 1 aromatic rings. The fourth-order valence-corrected chi connectivity index (χ4v) is 2.53. The molecule has 4 nitrogen and oxygen atoms in total. The molecular formula is C14H26N4. The molecule has 1 aromatic heterocycles. The van der Waals surface area contributed by atoms with Gasteiger partial charge in [-0.3, -0.25) is 0 Å². The Hall–Kier alpha value is -0.870. The Bertz CT molecular complexity index is 328. The highest BCUT2D eigenvalue weighted by atomic mass is 15.1. The lowest BCUT2D eigenvalue weighted by Gasteiger charge is -2.13. The molecule has 2 rings (SSSR count). The van der Waals surface area contributed by atoms with Gasteiger partial charge in [0.2, 0.25) is 0 Å². The minimum absolute atomic E-state index is 1.03. The van der Waals surface area contributed by atoms with E-state index in [4.69, 9.17) is 0 Å². The number of nitrogens with one attached hydrogen (secondary N) is 1. The normalized spacial score (nSPS) is 16.5. The Kier molecular flexibility index (Phi) is 5.68. The second-order valence-corrected chi connectivity index (χ2v) is 5.11. The van der Waals surface area contributed by atoms with E-state index < -0.39 is 0 Å². The Morgan fingerprint density at radius 3 is 2.89 bits per heavy atom. The maximum Gasteiger partial charge on any atom is 0.0949 e. The first-order valence-corrected chi connectivity index (χ1v) is 7.32. The number of hydrogen-bond donors (Lipinski definition) is 1. The smallest absolute Gasteiger partial charge is 0.0949 e. The van der Waals surface area contributed by atoms with E-state index in [1.807, 2.05) is 6.33 Å². The van der Waals surface area contributed by atoms with Crippen LogP contribution >= 0.6 is 0 Å². The predicted octanol–water partition coefficient (Wildman–Crippen LogP) is 1.52. The third kappa shape index (κ3) is 4.42. The summed E-state index contributed by atoms with van der Waals surface area (Å²) in [6.07, 6.45) is 9.22. The van der Waals surface area contributed by atoms with E-state index in [9.17, 15) is 0 Å². The lowest BCUT2D eigenvalue weighted by Crippen LogP contribution is -2.21. The van der Waals surface area contributed by atoms with Crippen molar-refractivity contribution < 1.29 is 0 Å². The molecule has 102 valence electrons. The highest BCUT2D eigenvalue weighted by molar-refractivity contribution is 4.97. The molecule has 0 amide bonds. The highest BCUT2D eigenvalue weighted by Gasteiger charge is 2.10. The van der Waals surface area contributed by atoms with Gasteiger partial charge in [0.05, 0.1) is 12.0 Å². The van der Waals surface area contributed by atoms with Crippen molar-refractivity contribution in [1.29, 1.82) is 0 Å². The summed E-state index contributed by atoms with van der Waals surface area (Å²) in [5.74, 6) is 0. The van der Waals surface area contributed by atoms with Gasteiger partial charge in [-0.2, -0.15) is 0 Å². The van der Waals surface area contributed by atoms with Gasteiger partial charge in [0.1, 0.15) is 0 Å². The third-order valence-electron chi connectivity index (χ3n) is 3.58. The SMILES string of the molecule is CCNCCc1cn(CCCN2CCCC2)cn1. The molecule has 4 heteroatoms. The van der Waals surface area contributed by atoms with Gasteiger partial charge in [0, 0.05) is 25.7 Å². The van der Waals surface area contributed by atoms with Crippen molar-refractivity contribution in [3.8, 4) is 0 Å². The lowest BCUT2D eigenvalue weighted by atomic mass is 10.3. The van der Waals surface area contributed by atoms with Gasteiger partial charge >= 0.3 is 0 Å². The van der Waals surface area contributed by atoms with Gasteiger partial charge in [-0.05, 0) is 45.4 Å². The molecule has 1 N–H and O–H groups in total. The number of aryl methyl sites for hydroxylation is 1. The summed E-state index contributed by atoms with van der Waals surface area (Å²) < 4.78 is 2.23. The van der Waals surface area contributed by atoms with E-state index in [1.54, 1.807) is 0 Å². The average molecular weight is 250 g/mol. The van der Waals surface area contributed by atoms with Crippen LogP contribution in [0.5, 0.6) is 0 Å². The van der Waals surface area contributed by atoms with Crippen LogP contribution in [0.2, 0.25) is 0 Å². The van der Waals surface area contributed by atoms with Crippen molar-refractivity contribution in [1.82, 2.24) is 19.8 Å². The molecule has 0 unspecified atom stereocenters. The van der Waals surface area contributed by atoms with Crippen LogP contribution in [0.25, 0.3) is 0 Å². The maximum atomic E-state index is 4.45. The van der Waals surface area contributed by atoms with Crippen molar-refractivity contribution in [2.45, 2.75) is 39.2 Å². The third-order valence-corrected chi connectivity index (χ3v) is 3.58. The van der Waals surface area contributed by atoms with E-state index >= 15 is 0 Å². The minimum Gasteiger partial charge on any atom is -0.337 e. The summed E-state index contributed by atoms with van der Waals surface area (Å²) in [5.41, 5.74) is 1.21. The molecule has 1 aliphatic rings. The lowest BCUT2D eigenvalue weighted by molar-refractivity contribution is 0.325. The molecule has 2 heterocycles. The molecule has 0 atom stereocenters. The van der Waals surface area contributed by atoms with Crippen LogP contribution in [0.15, 0.2) is 12.5 Å². The van der Waals surface area contributed by atoms with Crippen molar-refractivity contribution in [3.05, 3.63) is 18.2 Å². The number of likely N-dealkylation sites (tertiary alicyclic amines) is 1. The second kappa shape index (κ2) is 7.54. The predicted molar refractivity (Wildman–Crippen MR) is 74.8 cm³/mol. The summed E-state index contributed by atoms with van der Waals surface area (Å²) >= 11 is 0. The fourth-order valence-electron chi connectivity index (χ4n) is 2.53. The summed E-state index contributed by atoms with van der Waals surface area (Å²) in [7, 11) is 0. The van der Waals surface area contributed by atoms with Crippen LogP contribution in [0.3, 0.4) is 0 Å². The average Bonchev–Trinajstić information content (AvgIpc) is 3.01. The van der Waals surface area contributed by atoms with Crippen LogP contribution in [-0.2, 0) is 13.0 Å². The molecule has 18 heavy (non-hydrogen) atoms. The van der Waals surface area contributed by atoms with E-state index in [0.717, 1.165) is 26.1 Å². The molecule has 1 fully saturated rings. The van der Waals surface area contributed by atoms with E-state index in [-0.39, 0.29) is 0 Å². The van der Waals surface area contributed by atoms with Crippen molar-refractivity contribution in [3.63, 3.8) is 0 Å². The van der Waals surface area contributed by atoms with Crippen molar-refractivity contribution >= 4 is 0 Å². The van der Waals surface area contributed by atoms with Gasteiger partial charge < -0.3 is 14.8 Å². The summed E-state index contributed by atoms with van der Waals surface area (Å²) in [5, 5.41) is 3.33. The van der Waals surface area contributed by atoms with Crippen LogP contribution in [0.4, 0.5) is 0 Å². The number of aromatic nitrogens is 2. The monoisotopic (exact) mass is 250 g/mol. The van der Waals surface area contributed by atoms with Crippen molar-refractivity contribution in [2.75, 3.05) is 32.7 Å². The molecule has 0 aromatic carbocycles. The highest BCUT2D eigenvalue weighted by Crippen LogP contribution is 2.08. The molecular weight excluding hydrogens is 224 g/mol. The standard InChI is InChI=1S/C14H26N4/c1-2-15-7-6-14-12-18(13-16-14)11-5-10-17-8-3-4-9-17/h12-13,15H,2-11H2,1H3. The van der Waals surface area contributed by atoms with Gasteiger partial charge in [-0.15, -0.1) is 0 Å². The van der Waals surface area contributed by atoms with Crippen LogP contribution in [-0.4, -0.2) is 47.2 Å². The molecule has 1 saturated heterocycles. The molecule has 0 spiro atoms. The van der Waals surface area contributed by atoms with Crippen LogP contribution < -0.4 is 5.32 Å². The zero-order chi connectivity index (χ0) is 12.6. The van der Waals surface area contributed by atoms with Crippen LogP contribution in [0, 0.1) is 0 Å². The number of nitrogens with zero attached hydrogens (tertiary/aromatic N) is 3. The minimum atomic E-state index is 1.03. The summed E-state index contributed by atoms with van der Waals surface area (Å²) in [6, 6.07) is 0. The van der Waals surface area contributed by atoms with E-state index in [1.165, 1.54) is 44.6 Å². The molecule has 1 aliphatic heterocycles. The van der Waals surface area contributed by atoms with E-state index in [2.05, 4.69) is 32.9 Å². The number of rotatable bonds is 8. The number of imidazole rings is 1. The van der Waals surface area contributed by atoms with Gasteiger partial charge in [0.15, 0.2) is 0 Å². The summed E-state index contributed by atoms with van der Waals surface area (Å²) in [6.45, 7) is 9.15. The Balaban J connectivity index is 1.63. The first-order chi connectivity index (χ1) is 8.88. The molecule has 0 bridgehead atoms. The second-order valence-electron chi connectivity index (χ2n) is 5.11. The number of hydrogen-bond acceptors (Lipinski definition) is 3. The zero-order valence-electron chi connectivity index (χ0n) is 11.6. The Morgan fingerprint density at radius 1 is 1.28 bits per heavy atom. The van der Waals surface area contributed by atoms with Gasteiger partial charge in [0.25, 0.3) is 0 Å². The first-order valence-electron chi connectivity index (χ1n) is 7.32. The molecule has 0 aliphatic carbocycles. The molecule has 0 saturated carbocycles. The Morgan fingerprint density at radius 2 is 2.11 bits per heavy atom. The fraction of sp³-hybridized carbons (Fsp3) is 0.786. The molecule has 0 radical (unpaired) electrons. The first kappa shape index (κ1) is 13.6. The van der Waals surface area contributed by atoms with Gasteiger partial charge in [-0.1, -0.05) is 6.92 Å². The van der Waals surface area contributed by atoms with E-state index in [0.29, 0.717) is 0 Å². The van der Waals surface area contributed by atoms with Crippen molar-refractivity contribution in [2.24, 2.45) is 0 Å². The summed E-state index contributed by atoms with van der Waals surface area (Å²) in [4.78, 5) is 7.02. The van der Waals surface area contributed by atoms with Crippen LogP contribution in [0.1, 0.15) is 31.9 Å². The largest absolute Gasteiger partial charge is 0.337 e. The number of likely N-dealkylation sites (N-methyl/N-ethyl adjacent to an activating group) is 1. The Labute approximate surface area is 110 Å². The quantitative estimate of drug-likeness (QED) is 0.710.